The van der Waals surface area contributed by atoms with Crippen molar-refractivity contribution < 1.29 is 4.74 Å². The third kappa shape index (κ3) is 3.01. The van der Waals surface area contributed by atoms with Gasteiger partial charge in [0.2, 0.25) is 5.95 Å². The summed E-state index contributed by atoms with van der Waals surface area (Å²) in [5.74, 6) is 0.684. The van der Waals surface area contributed by atoms with Crippen LogP contribution in [-0.2, 0) is 4.74 Å². The van der Waals surface area contributed by atoms with Crippen molar-refractivity contribution in [1.29, 1.82) is 0 Å². The Balaban J connectivity index is 2.03. The summed E-state index contributed by atoms with van der Waals surface area (Å²) in [5.41, 5.74) is -0.0228. The van der Waals surface area contributed by atoms with Gasteiger partial charge in [-0.2, -0.15) is 0 Å². The first-order valence-electron chi connectivity index (χ1n) is 5.01. The minimum atomic E-state index is -0.0228. The summed E-state index contributed by atoms with van der Waals surface area (Å²) in [7, 11) is 0. The Hall–Kier alpha value is -0.430. The zero-order valence-electron chi connectivity index (χ0n) is 8.66. The monoisotopic (exact) mass is 319 g/mol. The van der Waals surface area contributed by atoms with Gasteiger partial charge in [0.25, 0.3) is 0 Å². The van der Waals surface area contributed by atoms with Crippen LogP contribution in [0.15, 0.2) is 12.4 Å². The number of ether oxygens (including phenoxy) is 1. The van der Waals surface area contributed by atoms with Crippen molar-refractivity contribution >= 4 is 28.5 Å². The molecule has 4 nitrogen and oxygen atoms in total. The predicted molar refractivity (Wildman–Crippen MR) is 66.8 cm³/mol. The summed E-state index contributed by atoms with van der Waals surface area (Å²) in [5, 5.41) is 3.33. The maximum atomic E-state index is 5.46. The Morgan fingerprint density at radius 1 is 1.47 bits per heavy atom. The Morgan fingerprint density at radius 3 is 2.80 bits per heavy atom. The number of hydrogen-bond acceptors (Lipinski definition) is 4. The molecule has 0 bridgehead atoms. The van der Waals surface area contributed by atoms with Crippen molar-refractivity contribution in [1.82, 2.24) is 9.97 Å². The SMILES string of the molecule is CC1(Nc2ncc(I)cn2)CCCOC1. The van der Waals surface area contributed by atoms with Crippen LogP contribution in [0, 0.1) is 3.57 Å². The van der Waals surface area contributed by atoms with Crippen LogP contribution >= 0.6 is 22.6 Å². The van der Waals surface area contributed by atoms with E-state index in [0.717, 1.165) is 29.6 Å². The van der Waals surface area contributed by atoms with E-state index in [-0.39, 0.29) is 5.54 Å². The van der Waals surface area contributed by atoms with Gasteiger partial charge in [-0.05, 0) is 42.4 Å². The molecule has 1 fully saturated rings. The highest BCUT2D eigenvalue weighted by atomic mass is 127. The van der Waals surface area contributed by atoms with Crippen LogP contribution in [-0.4, -0.2) is 28.7 Å². The summed E-state index contributed by atoms with van der Waals surface area (Å²) in [6.45, 7) is 3.74. The van der Waals surface area contributed by atoms with Crippen molar-refractivity contribution in [2.24, 2.45) is 0 Å². The van der Waals surface area contributed by atoms with Gasteiger partial charge in [-0.1, -0.05) is 0 Å². The summed E-state index contributed by atoms with van der Waals surface area (Å²) >= 11 is 2.19. The predicted octanol–water partition coefficient (Wildman–Crippen LogP) is 2.06. The largest absolute Gasteiger partial charge is 0.379 e. The van der Waals surface area contributed by atoms with Crippen LogP contribution in [0.25, 0.3) is 0 Å². The zero-order chi connectivity index (χ0) is 10.7. The van der Waals surface area contributed by atoms with Crippen molar-refractivity contribution in [3.05, 3.63) is 16.0 Å². The number of halogens is 1. The van der Waals surface area contributed by atoms with Gasteiger partial charge < -0.3 is 10.1 Å². The van der Waals surface area contributed by atoms with Gasteiger partial charge in [-0.25, -0.2) is 9.97 Å². The maximum absolute atomic E-state index is 5.46. The van der Waals surface area contributed by atoms with E-state index in [2.05, 4.69) is 44.8 Å². The first kappa shape index (κ1) is 11.1. The number of nitrogens with one attached hydrogen (secondary N) is 1. The molecule has 15 heavy (non-hydrogen) atoms. The topological polar surface area (TPSA) is 47.0 Å². The fourth-order valence-corrected chi connectivity index (χ4v) is 1.96. The van der Waals surface area contributed by atoms with Gasteiger partial charge >= 0.3 is 0 Å². The molecular formula is C10H14IN3O. The number of hydrogen-bond donors (Lipinski definition) is 1. The van der Waals surface area contributed by atoms with Gasteiger partial charge in [0.05, 0.1) is 12.1 Å². The lowest BCUT2D eigenvalue weighted by molar-refractivity contribution is 0.0537. The fourth-order valence-electron chi connectivity index (χ4n) is 1.68. The summed E-state index contributed by atoms with van der Waals surface area (Å²) in [6.07, 6.45) is 5.81. The maximum Gasteiger partial charge on any atom is 0.223 e. The lowest BCUT2D eigenvalue weighted by Crippen LogP contribution is -2.43. The van der Waals surface area contributed by atoms with Gasteiger partial charge in [0.15, 0.2) is 0 Å². The van der Waals surface area contributed by atoms with E-state index in [4.69, 9.17) is 4.74 Å². The number of anilines is 1. The molecule has 82 valence electrons. The number of nitrogens with zero attached hydrogens (tertiary/aromatic N) is 2. The normalized spacial score (nSPS) is 26.3. The molecule has 0 amide bonds. The molecule has 1 saturated heterocycles. The standard InChI is InChI=1S/C10H14IN3O/c1-10(3-2-4-15-7-10)14-9-12-5-8(11)6-13-9/h5-6H,2-4,7H2,1H3,(H,12,13,14). The second-order valence-electron chi connectivity index (χ2n) is 4.07. The van der Waals surface area contributed by atoms with E-state index in [0.29, 0.717) is 5.95 Å². The van der Waals surface area contributed by atoms with Crippen LogP contribution in [0.2, 0.25) is 0 Å². The Kier molecular flexibility index (Phi) is 3.40. The van der Waals surface area contributed by atoms with E-state index in [1.807, 2.05) is 12.4 Å². The second kappa shape index (κ2) is 4.61. The van der Waals surface area contributed by atoms with Crippen molar-refractivity contribution in [2.45, 2.75) is 25.3 Å². The molecule has 1 aromatic rings. The van der Waals surface area contributed by atoms with Crippen molar-refractivity contribution in [3.63, 3.8) is 0 Å². The average Bonchev–Trinajstić information content (AvgIpc) is 2.22. The molecule has 5 heteroatoms. The quantitative estimate of drug-likeness (QED) is 0.848. The lowest BCUT2D eigenvalue weighted by atomic mass is 9.95. The first-order valence-corrected chi connectivity index (χ1v) is 6.09. The summed E-state index contributed by atoms with van der Waals surface area (Å²) < 4.78 is 6.51. The molecule has 1 N–H and O–H groups in total. The molecule has 0 spiro atoms. The van der Waals surface area contributed by atoms with Crippen LogP contribution in [0.1, 0.15) is 19.8 Å². The van der Waals surface area contributed by atoms with Crippen LogP contribution in [0.5, 0.6) is 0 Å². The minimum Gasteiger partial charge on any atom is -0.379 e. The van der Waals surface area contributed by atoms with E-state index in [1.54, 1.807) is 0 Å². The van der Waals surface area contributed by atoms with Gasteiger partial charge in [0.1, 0.15) is 0 Å². The minimum absolute atomic E-state index is 0.0228. The molecule has 0 aliphatic carbocycles. The average molecular weight is 319 g/mol. The highest BCUT2D eigenvalue weighted by molar-refractivity contribution is 14.1. The van der Waals surface area contributed by atoms with Gasteiger partial charge in [-0.3, -0.25) is 0 Å². The highest BCUT2D eigenvalue weighted by Crippen LogP contribution is 2.22. The molecule has 1 aliphatic heterocycles. The third-order valence-corrected chi connectivity index (χ3v) is 3.03. The lowest BCUT2D eigenvalue weighted by Gasteiger charge is -2.34. The van der Waals surface area contributed by atoms with E-state index >= 15 is 0 Å². The van der Waals surface area contributed by atoms with Gasteiger partial charge in [0, 0.05) is 22.6 Å². The Bertz CT molecular complexity index is 322. The van der Waals surface area contributed by atoms with Crippen molar-refractivity contribution in [2.75, 3.05) is 18.5 Å². The van der Waals surface area contributed by atoms with Crippen LogP contribution < -0.4 is 5.32 Å². The first-order chi connectivity index (χ1) is 7.18. The summed E-state index contributed by atoms with van der Waals surface area (Å²) in [4.78, 5) is 8.46. The van der Waals surface area contributed by atoms with Crippen LogP contribution in [0.4, 0.5) is 5.95 Å². The molecule has 1 aliphatic rings. The zero-order valence-corrected chi connectivity index (χ0v) is 10.8. The Morgan fingerprint density at radius 2 is 2.20 bits per heavy atom. The van der Waals surface area contributed by atoms with Crippen LogP contribution in [0.3, 0.4) is 0 Å². The summed E-state index contributed by atoms with van der Waals surface area (Å²) in [6, 6.07) is 0. The number of aromatic nitrogens is 2. The molecule has 0 radical (unpaired) electrons. The molecule has 2 rings (SSSR count). The molecule has 1 atom stereocenters. The molecule has 0 aromatic carbocycles. The molecule has 2 heterocycles. The Labute approximate surface area is 103 Å². The highest BCUT2D eigenvalue weighted by Gasteiger charge is 2.27. The fraction of sp³-hybridized carbons (Fsp3) is 0.600. The molecular weight excluding hydrogens is 305 g/mol. The molecule has 1 aromatic heterocycles. The molecule has 0 saturated carbocycles. The van der Waals surface area contributed by atoms with E-state index < -0.39 is 0 Å². The van der Waals surface area contributed by atoms with E-state index in [1.165, 1.54) is 0 Å². The number of rotatable bonds is 2. The van der Waals surface area contributed by atoms with E-state index in [9.17, 15) is 0 Å². The second-order valence-corrected chi connectivity index (χ2v) is 5.31. The van der Waals surface area contributed by atoms with Gasteiger partial charge in [-0.15, -0.1) is 0 Å². The third-order valence-electron chi connectivity index (χ3n) is 2.47. The molecule has 1 unspecified atom stereocenters. The smallest absolute Gasteiger partial charge is 0.223 e. The van der Waals surface area contributed by atoms with Crippen molar-refractivity contribution in [3.8, 4) is 0 Å².